The van der Waals surface area contributed by atoms with Crippen molar-refractivity contribution in [1.82, 2.24) is 4.57 Å². The Morgan fingerprint density at radius 2 is 1.95 bits per heavy atom. The van der Waals surface area contributed by atoms with Crippen LogP contribution in [0.25, 0.3) is 0 Å². The van der Waals surface area contributed by atoms with Crippen molar-refractivity contribution >= 4 is 5.69 Å². The van der Waals surface area contributed by atoms with Gasteiger partial charge in [0.15, 0.2) is 0 Å². The number of benzene rings is 1. The molecule has 0 bridgehead atoms. The fourth-order valence-electron chi connectivity index (χ4n) is 2.46. The van der Waals surface area contributed by atoms with Crippen LogP contribution in [0, 0.1) is 11.3 Å². The number of rotatable bonds is 6. The van der Waals surface area contributed by atoms with Gasteiger partial charge in [-0.2, -0.15) is 5.26 Å². The maximum Gasteiger partial charge on any atom is 0.122 e. The first-order valence-corrected chi connectivity index (χ1v) is 7.18. The smallest absolute Gasteiger partial charge is 0.122 e. The number of aromatic nitrogens is 1. The van der Waals surface area contributed by atoms with Gasteiger partial charge in [0.25, 0.3) is 0 Å². The monoisotopic (exact) mass is 267 g/mol. The molecule has 3 heteroatoms. The quantitative estimate of drug-likeness (QED) is 0.811. The second kappa shape index (κ2) is 6.81. The molecule has 3 nitrogen and oxygen atoms in total. The van der Waals surface area contributed by atoms with Gasteiger partial charge in [0, 0.05) is 18.7 Å². The highest BCUT2D eigenvalue weighted by Crippen LogP contribution is 2.22. The molecule has 0 aliphatic heterocycles. The number of nitrogen functional groups attached to an aromatic ring is 1. The minimum Gasteiger partial charge on any atom is -0.397 e. The van der Waals surface area contributed by atoms with Crippen LogP contribution in [-0.2, 0) is 13.0 Å². The van der Waals surface area contributed by atoms with Gasteiger partial charge in [-0.3, -0.25) is 0 Å². The van der Waals surface area contributed by atoms with E-state index in [-0.39, 0.29) is 0 Å². The van der Waals surface area contributed by atoms with E-state index in [9.17, 15) is 5.26 Å². The molecule has 0 amide bonds. The van der Waals surface area contributed by atoms with Crippen LogP contribution in [0.4, 0.5) is 5.69 Å². The van der Waals surface area contributed by atoms with E-state index in [0.717, 1.165) is 30.8 Å². The molecule has 0 aliphatic rings. The molecule has 104 valence electrons. The lowest BCUT2D eigenvalue weighted by molar-refractivity contribution is 0.586. The first-order valence-electron chi connectivity index (χ1n) is 7.18. The highest BCUT2D eigenvalue weighted by Gasteiger charge is 2.13. The lowest BCUT2D eigenvalue weighted by Gasteiger charge is -2.11. The summed E-state index contributed by atoms with van der Waals surface area (Å²) in [5.74, 6) is 0. The Bertz CT molecular complexity index is 591. The van der Waals surface area contributed by atoms with Crippen molar-refractivity contribution in [3.05, 3.63) is 53.3 Å². The minimum absolute atomic E-state index is 0.671. The van der Waals surface area contributed by atoms with Crippen LogP contribution in [0.2, 0.25) is 0 Å². The Morgan fingerprint density at radius 1 is 1.20 bits per heavy atom. The van der Waals surface area contributed by atoms with Gasteiger partial charge in [-0.1, -0.05) is 50.1 Å². The van der Waals surface area contributed by atoms with E-state index in [1.807, 2.05) is 18.2 Å². The van der Waals surface area contributed by atoms with Gasteiger partial charge in [0.2, 0.25) is 0 Å². The third kappa shape index (κ3) is 3.21. The maximum absolute atomic E-state index is 9.25. The summed E-state index contributed by atoms with van der Waals surface area (Å²) in [6.07, 6.45) is 4.21. The number of unbranched alkanes of at least 4 members (excludes halogenated alkanes) is 2. The highest BCUT2D eigenvalue weighted by atomic mass is 15.0. The average molecular weight is 267 g/mol. The van der Waals surface area contributed by atoms with Crippen LogP contribution >= 0.6 is 0 Å². The van der Waals surface area contributed by atoms with Crippen molar-refractivity contribution in [2.75, 3.05) is 5.73 Å². The molecule has 2 N–H and O–H groups in total. The summed E-state index contributed by atoms with van der Waals surface area (Å²) in [7, 11) is 0. The summed E-state index contributed by atoms with van der Waals surface area (Å²) < 4.78 is 2.08. The predicted octanol–water partition coefficient (Wildman–Crippen LogP) is 3.72. The molecule has 2 rings (SSSR count). The molecule has 20 heavy (non-hydrogen) atoms. The molecule has 0 saturated heterocycles. The molecule has 1 aromatic heterocycles. The number of nitrogens with zero attached hydrogens (tertiary/aromatic N) is 2. The molecular formula is C17H21N3. The Kier molecular flexibility index (Phi) is 4.84. The molecule has 0 unspecified atom stereocenters. The number of nitriles is 1. The molecule has 0 aliphatic carbocycles. The lowest BCUT2D eigenvalue weighted by atomic mass is 10.1. The molecule has 0 saturated carbocycles. The van der Waals surface area contributed by atoms with Crippen LogP contribution in [0.1, 0.15) is 43.1 Å². The third-order valence-corrected chi connectivity index (χ3v) is 3.56. The van der Waals surface area contributed by atoms with E-state index in [4.69, 9.17) is 5.73 Å². The molecule has 2 aromatic rings. The third-order valence-electron chi connectivity index (χ3n) is 3.56. The second-order valence-electron chi connectivity index (χ2n) is 5.06. The van der Waals surface area contributed by atoms with Crippen LogP contribution in [0.5, 0.6) is 0 Å². The normalized spacial score (nSPS) is 10.4. The summed E-state index contributed by atoms with van der Waals surface area (Å²) in [6.45, 7) is 3.05. The molecule has 0 radical (unpaired) electrons. The van der Waals surface area contributed by atoms with Crippen molar-refractivity contribution in [2.24, 2.45) is 0 Å². The van der Waals surface area contributed by atoms with E-state index < -0.39 is 0 Å². The highest BCUT2D eigenvalue weighted by molar-refractivity contribution is 5.52. The predicted molar refractivity (Wildman–Crippen MR) is 82.3 cm³/mol. The zero-order valence-corrected chi connectivity index (χ0v) is 12.0. The number of nitrogens with two attached hydrogens (primary N) is 1. The standard InChI is InChI=1S/C17H21N3/c1-2-3-7-10-20-15(13-18)12-16(19)17(20)11-14-8-5-4-6-9-14/h4-6,8-9,12H,2-3,7,10-11,19H2,1H3. The minimum atomic E-state index is 0.671. The lowest BCUT2D eigenvalue weighted by Crippen LogP contribution is -2.07. The number of hydrogen-bond acceptors (Lipinski definition) is 2. The van der Waals surface area contributed by atoms with Crippen LogP contribution in [0.3, 0.4) is 0 Å². The molecule has 1 heterocycles. The summed E-state index contributed by atoms with van der Waals surface area (Å²) in [5.41, 5.74) is 9.77. The van der Waals surface area contributed by atoms with Crippen molar-refractivity contribution in [3.63, 3.8) is 0 Å². The van der Waals surface area contributed by atoms with Crippen LogP contribution < -0.4 is 5.73 Å². The van der Waals surface area contributed by atoms with E-state index in [1.165, 1.54) is 18.4 Å². The van der Waals surface area contributed by atoms with Crippen molar-refractivity contribution in [1.29, 1.82) is 5.26 Å². The van der Waals surface area contributed by atoms with Crippen LogP contribution in [-0.4, -0.2) is 4.57 Å². The fraction of sp³-hybridized carbons (Fsp3) is 0.353. The average Bonchev–Trinajstić information content (AvgIpc) is 2.77. The fourth-order valence-corrected chi connectivity index (χ4v) is 2.46. The molecule has 0 spiro atoms. The summed E-state index contributed by atoms with van der Waals surface area (Å²) in [5, 5.41) is 9.25. The maximum atomic E-state index is 9.25. The van der Waals surface area contributed by atoms with Gasteiger partial charge in [-0.05, 0) is 18.1 Å². The van der Waals surface area contributed by atoms with Crippen LogP contribution in [0.15, 0.2) is 36.4 Å². The number of anilines is 1. The summed E-state index contributed by atoms with van der Waals surface area (Å²) in [4.78, 5) is 0. The molecular weight excluding hydrogens is 246 g/mol. The van der Waals surface area contributed by atoms with Gasteiger partial charge in [-0.15, -0.1) is 0 Å². The van der Waals surface area contributed by atoms with E-state index in [0.29, 0.717) is 5.69 Å². The Balaban J connectivity index is 2.26. The largest absolute Gasteiger partial charge is 0.397 e. The molecule has 1 aromatic carbocycles. The number of hydrogen-bond donors (Lipinski definition) is 1. The van der Waals surface area contributed by atoms with Crippen molar-refractivity contribution in [2.45, 2.75) is 39.2 Å². The second-order valence-corrected chi connectivity index (χ2v) is 5.06. The Morgan fingerprint density at radius 3 is 2.60 bits per heavy atom. The Hall–Kier alpha value is -2.21. The van der Waals surface area contributed by atoms with Crippen molar-refractivity contribution < 1.29 is 0 Å². The first kappa shape index (κ1) is 14.2. The van der Waals surface area contributed by atoms with Gasteiger partial charge in [-0.25, -0.2) is 0 Å². The van der Waals surface area contributed by atoms with Gasteiger partial charge in [0.05, 0.1) is 5.69 Å². The molecule has 0 atom stereocenters. The van der Waals surface area contributed by atoms with Gasteiger partial charge < -0.3 is 10.3 Å². The first-order chi connectivity index (χ1) is 9.76. The summed E-state index contributed by atoms with van der Waals surface area (Å²) >= 11 is 0. The zero-order valence-electron chi connectivity index (χ0n) is 12.0. The SMILES string of the molecule is CCCCCn1c(C#N)cc(N)c1Cc1ccccc1. The van der Waals surface area contributed by atoms with Gasteiger partial charge >= 0.3 is 0 Å². The van der Waals surface area contributed by atoms with Gasteiger partial charge in [0.1, 0.15) is 11.8 Å². The molecule has 0 fully saturated rings. The Labute approximate surface area is 120 Å². The van der Waals surface area contributed by atoms with E-state index >= 15 is 0 Å². The zero-order chi connectivity index (χ0) is 14.4. The van der Waals surface area contributed by atoms with Crippen molar-refractivity contribution in [3.8, 4) is 6.07 Å². The van der Waals surface area contributed by atoms with E-state index in [1.54, 1.807) is 6.07 Å². The topological polar surface area (TPSA) is 54.7 Å². The summed E-state index contributed by atoms with van der Waals surface area (Å²) in [6, 6.07) is 14.3. The van der Waals surface area contributed by atoms with E-state index in [2.05, 4.69) is 29.7 Å².